The van der Waals surface area contributed by atoms with Crippen molar-refractivity contribution in [2.75, 3.05) is 24.2 Å². The number of furan rings is 1. The molecular formula is C34H32FN3O5S. The summed E-state index contributed by atoms with van der Waals surface area (Å²) in [6.45, 7) is 3.73. The number of rotatable bonds is 9. The van der Waals surface area contributed by atoms with Crippen molar-refractivity contribution in [3.8, 4) is 22.5 Å². The van der Waals surface area contributed by atoms with E-state index in [0.717, 1.165) is 11.8 Å². The Morgan fingerprint density at radius 2 is 1.61 bits per heavy atom. The third-order valence-corrected chi connectivity index (χ3v) is 8.66. The quantitative estimate of drug-likeness (QED) is 0.196. The molecule has 1 atom stereocenters. The lowest BCUT2D eigenvalue weighted by atomic mass is 9.97. The van der Waals surface area contributed by atoms with Crippen LogP contribution in [0.25, 0.3) is 33.4 Å². The number of nitrogens with one attached hydrogen (secondary N) is 2. The van der Waals surface area contributed by atoms with Gasteiger partial charge in [-0.3, -0.25) is 13.9 Å². The lowest BCUT2D eigenvalue weighted by molar-refractivity contribution is 0.0937. The summed E-state index contributed by atoms with van der Waals surface area (Å²) < 4.78 is 47.0. The van der Waals surface area contributed by atoms with Gasteiger partial charge in [0.1, 0.15) is 17.2 Å². The predicted molar refractivity (Wildman–Crippen MR) is 171 cm³/mol. The standard InChI is InChI=1S/C34H32FN3O5S/c1-5-38(44(4,41)42)29-20-30-28(31(34(40)36-3)32(43-30)23-14-16-26(35)17-15-23)19-27(29)24-12-9-13-25(18-24)33(39)37-21(2)22-10-7-6-8-11-22/h6-21H,5H2,1-4H3,(H,36,40)(H,37,39). The molecule has 2 N–H and O–H groups in total. The van der Waals surface area contributed by atoms with Crippen molar-refractivity contribution >= 4 is 38.5 Å². The third-order valence-electron chi connectivity index (χ3n) is 7.41. The van der Waals surface area contributed by atoms with Crippen molar-refractivity contribution in [1.82, 2.24) is 10.6 Å². The first kappa shape index (κ1) is 30.5. The topological polar surface area (TPSA) is 109 Å². The first-order chi connectivity index (χ1) is 21.0. The van der Waals surface area contributed by atoms with Crippen LogP contribution >= 0.6 is 0 Å². The smallest absolute Gasteiger partial charge is 0.255 e. The molecule has 0 aliphatic heterocycles. The molecule has 1 unspecified atom stereocenters. The van der Waals surface area contributed by atoms with Crippen molar-refractivity contribution in [3.63, 3.8) is 0 Å². The van der Waals surface area contributed by atoms with Gasteiger partial charge in [0.15, 0.2) is 0 Å². The van der Waals surface area contributed by atoms with E-state index in [1.165, 1.54) is 35.6 Å². The van der Waals surface area contributed by atoms with Crippen LogP contribution in [-0.2, 0) is 10.0 Å². The molecule has 5 aromatic rings. The van der Waals surface area contributed by atoms with E-state index in [4.69, 9.17) is 4.42 Å². The van der Waals surface area contributed by atoms with Gasteiger partial charge in [-0.2, -0.15) is 0 Å². The summed E-state index contributed by atoms with van der Waals surface area (Å²) in [5.41, 5.74) is 3.67. The molecule has 5 rings (SSSR count). The van der Waals surface area contributed by atoms with Crippen LogP contribution < -0.4 is 14.9 Å². The predicted octanol–water partition coefficient (Wildman–Crippen LogP) is 6.54. The second-order valence-corrected chi connectivity index (χ2v) is 12.3. The Bertz CT molecular complexity index is 1950. The molecule has 0 bridgehead atoms. The zero-order valence-corrected chi connectivity index (χ0v) is 25.5. The van der Waals surface area contributed by atoms with Crippen LogP contribution in [0.4, 0.5) is 10.1 Å². The van der Waals surface area contributed by atoms with E-state index in [0.29, 0.717) is 33.3 Å². The molecule has 1 aromatic heterocycles. The van der Waals surface area contributed by atoms with Gasteiger partial charge in [0.05, 0.1) is 23.5 Å². The molecule has 226 valence electrons. The van der Waals surface area contributed by atoms with Gasteiger partial charge in [0, 0.05) is 41.7 Å². The Labute approximate surface area is 255 Å². The molecule has 44 heavy (non-hydrogen) atoms. The molecule has 0 radical (unpaired) electrons. The minimum absolute atomic E-state index is 0.125. The summed E-state index contributed by atoms with van der Waals surface area (Å²) in [5, 5.41) is 6.08. The zero-order valence-electron chi connectivity index (χ0n) is 24.7. The van der Waals surface area contributed by atoms with Gasteiger partial charge >= 0.3 is 0 Å². The van der Waals surface area contributed by atoms with Crippen LogP contribution in [0.15, 0.2) is 95.4 Å². The molecule has 0 saturated heterocycles. The fourth-order valence-corrected chi connectivity index (χ4v) is 6.22. The summed E-state index contributed by atoms with van der Waals surface area (Å²) in [6.07, 6.45) is 1.11. The van der Waals surface area contributed by atoms with Gasteiger partial charge in [-0.15, -0.1) is 0 Å². The van der Waals surface area contributed by atoms with E-state index in [1.54, 1.807) is 43.3 Å². The number of nitrogens with zero attached hydrogens (tertiary/aromatic N) is 1. The van der Waals surface area contributed by atoms with Gasteiger partial charge in [-0.1, -0.05) is 42.5 Å². The first-order valence-electron chi connectivity index (χ1n) is 14.0. The van der Waals surface area contributed by atoms with Crippen molar-refractivity contribution in [2.45, 2.75) is 19.9 Å². The summed E-state index contributed by atoms with van der Waals surface area (Å²) >= 11 is 0. The van der Waals surface area contributed by atoms with Gasteiger partial charge in [0.25, 0.3) is 11.8 Å². The Balaban J connectivity index is 1.69. The largest absolute Gasteiger partial charge is 0.455 e. The highest BCUT2D eigenvalue weighted by Gasteiger charge is 2.27. The van der Waals surface area contributed by atoms with Crippen LogP contribution in [-0.4, -0.2) is 40.1 Å². The summed E-state index contributed by atoms with van der Waals surface area (Å²) in [7, 11) is -2.24. The SMILES string of the molecule is CCN(c1cc2oc(-c3ccc(F)cc3)c(C(=O)NC)c2cc1-c1cccc(C(=O)NC(C)c2ccccc2)c1)S(C)(=O)=O. The molecule has 1 heterocycles. The normalized spacial score (nSPS) is 12.1. The highest BCUT2D eigenvalue weighted by atomic mass is 32.2. The number of anilines is 1. The highest BCUT2D eigenvalue weighted by molar-refractivity contribution is 7.92. The lowest BCUT2D eigenvalue weighted by Gasteiger charge is -2.24. The minimum atomic E-state index is -3.73. The average Bonchev–Trinajstić information content (AvgIpc) is 3.39. The number of carbonyl (C=O) groups excluding carboxylic acids is 2. The lowest BCUT2D eigenvalue weighted by Crippen LogP contribution is -2.30. The van der Waals surface area contributed by atoms with E-state index in [9.17, 15) is 22.4 Å². The van der Waals surface area contributed by atoms with Crippen LogP contribution in [0.2, 0.25) is 0 Å². The molecule has 0 fully saturated rings. The summed E-state index contributed by atoms with van der Waals surface area (Å²) in [5.74, 6) is -0.952. The van der Waals surface area contributed by atoms with Crippen LogP contribution in [0.1, 0.15) is 46.2 Å². The van der Waals surface area contributed by atoms with Crippen LogP contribution in [0.5, 0.6) is 0 Å². The van der Waals surface area contributed by atoms with Gasteiger partial charge in [-0.25, -0.2) is 12.8 Å². The molecule has 0 saturated carbocycles. The average molecular weight is 614 g/mol. The van der Waals surface area contributed by atoms with Gasteiger partial charge < -0.3 is 15.1 Å². The Morgan fingerprint density at radius 3 is 2.25 bits per heavy atom. The van der Waals surface area contributed by atoms with Crippen molar-refractivity contribution in [2.24, 2.45) is 0 Å². The second kappa shape index (κ2) is 12.3. The summed E-state index contributed by atoms with van der Waals surface area (Å²) in [6, 6.07) is 25.0. The number of sulfonamides is 1. The highest BCUT2D eigenvalue weighted by Crippen LogP contribution is 2.41. The Hall–Kier alpha value is -4.96. The third kappa shape index (κ3) is 6.07. The first-order valence-corrected chi connectivity index (χ1v) is 15.9. The number of amides is 2. The summed E-state index contributed by atoms with van der Waals surface area (Å²) in [4.78, 5) is 26.5. The van der Waals surface area contributed by atoms with Crippen molar-refractivity contribution in [1.29, 1.82) is 0 Å². The maximum Gasteiger partial charge on any atom is 0.255 e. The molecule has 2 amide bonds. The number of carbonyl (C=O) groups is 2. The van der Waals surface area contributed by atoms with E-state index < -0.39 is 21.7 Å². The fraction of sp³-hybridized carbons (Fsp3) is 0.176. The monoisotopic (exact) mass is 613 g/mol. The zero-order chi connectivity index (χ0) is 31.6. The second-order valence-electron chi connectivity index (χ2n) is 10.4. The van der Waals surface area contributed by atoms with Gasteiger partial charge in [-0.05, 0) is 67.4 Å². The van der Waals surface area contributed by atoms with Crippen molar-refractivity contribution in [3.05, 3.63) is 114 Å². The molecule has 0 aliphatic carbocycles. The number of benzene rings is 4. The number of fused-ring (bicyclic) bond motifs is 1. The Morgan fingerprint density at radius 1 is 0.909 bits per heavy atom. The number of halogens is 1. The van der Waals surface area contributed by atoms with Crippen LogP contribution in [0, 0.1) is 5.82 Å². The maximum absolute atomic E-state index is 13.7. The van der Waals surface area contributed by atoms with E-state index in [1.807, 2.05) is 37.3 Å². The number of hydrogen-bond acceptors (Lipinski definition) is 5. The molecular weight excluding hydrogens is 581 g/mol. The minimum Gasteiger partial charge on any atom is -0.455 e. The molecule has 0 spiro atoms. The molecule has 0 aliphatic rings. The van der Waals surface area contributed by atoms with Gasteiger partial charge in [0.2, 0.25) is 10.0 Å². The van der Waals surface area contributed by atoms with Crippen LogP contribution in [0.3, 0.4) is 0 Å². The Kier molecular flexibility index (Phi) is 8.55. The van der Waals surface area contributed by atoms with E-state index >= 15 is 0 Å². The molecule has 8 nitrogen and oxygen atoms in total. The van der Waals surface area contributed by atoms with Crippen molar-refractivity contribution < 1.29 is 26.8 Å². The maximum atomic E-state index is 13.7. The van der Waals surface area contributed by atoms with E-state index in [-0.39, 0.29) is 35.4 Å². The fourth-order valence-electron chi connectivity index (χ4n) is 5.24. The van der Waals surface area contributed by atoms with E-state index in [2.05, 4.69) is 10.6 Å². The number of hydrogen-bond donors (Lipinski definition) is 2. The molecule has 10 heteroatoms. The molecule has 4 aromatic carbocycles.